The van der Waals surface area contributed by atoms with Crippen LogP contribution in [0.15, 0.2) is 71.1 Å². The topological polar surface area (TPSA) is 93.2 Å². The van der Waals surface area contributed by atoms with E-state index in [9.17, 15) is 9.59 Å². The van der Waals surface area contributed by atoms with Crippen molar-refractivity contribution in [2.45, 2.75) is 24.1 Å². The zero-order valence-electron chi connectivity index (χ0n) is 18.6. The lowest BCUT2D eigenvalue weighted by Gasteiger charge is -2.08. The monoisotopic (exact) mass is 492 g/mol. The van der Waals surface area contributed by atoms with Crippen LogP contribution in [0.4, 0.5) is 10.8 Å². The number of amides is 2. The molecule has 4 rings (SSSR count). The maximum Gasteiger partial charge on any atom is 0.257 e. The number of carbonyl (C=O) groups is 2. The van der Waals surface area contributed by atoms with Crippen molar-refractivity contribution in [3.63, 3.8) is 0 Å². The van der Waals surface area contributed by atoms with Crippen molar-refractivity contribution in [2.24, 2.45) is 0 Å². The van der Waals surface area contributed by atoms with Gasteiger partial charge in [-0.15, -0.1) is 10.2 Å². The molecule has 0 unspecified atom stereocenters. The van der Waals surface area contributed by atoms with Gasteiger partial charge in [-0.1, -0.05) is 72.8 Å². The minimum absolute atomic E-state index is 0.136. The molecule has 9 heteroatoms. The van der Waals surface area contributed by atoms with Crippen LogP contribution in [0.1, 0.15) is 30.1 Å². The molecule has 34 heavy (non-hydrogen) atoms. The van der Waals surface area contributed by atoms with Crippen molar-refractivity contribution in [2.75, 3.05) is 23.0 Å². The molecule has 0 aliphatic rings. The average Bonchev–Trinajstić information content (AvgIpc) is 3.31. The number of hydrogen-bond donors (Lipinski definition) is 2. The molecule has 0 aliphatic carbocycles. The molecule has 0 bridgehead atoms. The van der Waals surface area contributed by atoms with E-state index in [0.717, 1.165) is 35.1 Å². The number of nitrogens with one attached hydrogen (secondary N) is 2. The third kappa shape index (κ3) is 6.33. The van der Waals surface area contributed by atoms with E-state index in [4.69, 9.17) is 4.74 Å². The van der Waals surface area contributed by atoms with Crippen molar-refractivity contribution in [3.05, 3.63) is 72.3 Å². The molecular weight excluding hydrogens is 468 g/mol. The predicted octanol–water partition coefficient (Wildman–Crippen LogP) is 5.85. The Morgan fingerprint density at radius 3 is 2.59 bits per heavy atom. The molecule has 0 aliphatic heterocycles. The zero-order valence-corrected chi connectivity index (χ0v) is 20.2. The van der Waals surface area contributed by atoms with Gasteiger partial charge in [0.15, 0.2) is 4.34 Å². The summed E-state index contributed by atoms with van der Waals surface area (Å²) in [5.41, 5.74) is 1.28. The first-order chi connectivity index (χ1) is 16.6. The van der Waals surface area contributed by atoms with Gasteiger partial charge in [0.2, 0.25) is 11.0 Å². The second-order valence-electron chi connectivity index (χ2n) is 7.42. The average molecular weight is 493 g/mol. The van der Waals surface area contributed by atoms with E-state index in [-0.39, 0.29) is 17.6 Å². The normalized spacial score (nSPS) is 10.7. The van der Waals surface area contributed by atoms with E-state index in [1.165, 1.54) is 23.1 Å². The highest BCUT2D eigenvalue weighted by atomic mass is 32.2. The van der Waals surface area contributed by atoms with Gasteiger partial charge in [-0.05, 0) is 42.1 Å². The van der Waals surface area contributed by atoms with Crippen LogP contribution in [0.2, 0.25) is 0 Å². The molecule has 7 nitrogen and oxygen atoms in total. The lowest BCUT2D eigenvalue weighted by molar-refractivity contribution is -0.113. The molecule has 174 valence electrons. The summed E-state index contributed by atoms with van der Waals surface area (Å²) < 4.78 is 6.22. The number of carbonyl (C=O) groups excluding carboxylic acids is 2. The number of thioether (sulfide) groups is 1. The molecule has 0 fully saturated rings. The number of benzene rings is 3. The van der Waals surface area contributed by atoms with Gasteiger partial charge in [-0.25, -0.2) is 0 Å². The summed E-state index contributed by atoms with van der Waals surface area (Å²) in [6.07, 6.45) is 2.06. The van der Waals surface area contributed by atoms with Gasteiger partial charge in [0, 0.05) is 16.6 Å². The van der Waals surface area contributed by atoms with E-state index in [1.54, 1.807) is 24.3 Å². The molecule has 0 saturated carbocycles. The van der Waals surface area contributed by atoms with Crippen molar-refractivity contribution in [1.29, 1.82) is 0 Å². The minimum atomic E-state index is -0.276. The fourth-order valence-electron chi connectivity index (χ4n) is 3.17. The second-order valence-corrected chi connectivity index (χ2v) is 9.62. The van der Waals surface area contributed by atoms with Crippen LogP contribution in [-0.2, 0) is 4.79 Å². The third-order valence-corrected chi connectivity index (χ3v) is 6.87. The Kier molecular flexibility index (Phi) is 8.11. The van der Waals surface area contributed by atoms with Gasteiger partial charge >= 0.3 is 0 Å². The number of ether oxygens (including phenoxy) is 1. The summed E-state index contributed by atoms with van der Waals surface area (Å²) in [6.45, 7) is 2.77. The third-order valence-electron chi connectivity index (χ3n) is 4.90. The van der Waals surface area contributed by atoms with E-state index in [0.29, 0.717) is 21.6 Å². The predicted molar refractivity (Wildman–Crippen MR) is 138 cm³/mol. The van der Waals surface area contributed by atoms with Crippen molar-refractivity contribution < 1.29 is 14.3 Å². The number of nitrogens with zero attached hydrogens (tertiary/aromatic N) is 2. The Bertz CT molecular complexity index is 1270. The molecule has 4 aromatic rings. The summed E-state index contributed by atoms with van der Waals surface area (Å²) in [5, 5.41) is 16.2. The molecule has 2 N–H and O–H groups in total. The molecule has 0 saturated heterocycles. The first-order valence-electron chi connectivity index (χ1n) is 10.9. The summed E-state index contributed by atoms with van der Waals surface area (Å²) in [4.78, 5) is 24.9. The van der Waals surface area contributed by atoms with Gasteiger partial charge in [0.1, 0.15) is 5.75 Å². The standard InChI is InChI=1S/C25H24N4O3S2/c1-2-3-15-32-19-13-11-18(12-14-19)23(31)27-24-28-29-25(34-24)33-16-22(30)26-21-10-6-8-17-7-4-5-9-20(17)21/h4-14H,2-3,15-16H2,1H3,(H,26,30)(H,27,28,31). The Hall–Kier alpha value is -3.43. The number of anilines is 2. The van der Waals surface area contributed by atoms with Gasteiger partial charge in [0.05, 0.1) is 12.4 Å². The second kappa shape index (κ2) is 11.6. The highest BCUT2D eigenvalue weighted by Crippen LogP contribution is 2.27. The quantitative estimate of drug-likeness (QED) is 0.164. The van der Waals surface area contributed by atoms with Gasteiger partial charge < -0.3 is 10.1 Å². The Labute approximate surface area is 205 Å². The highest BCUT2D eigenvalue weighted by molar-refractivity contribution is 8.01. The number of fused-ring (bicyclic) bond motifs is 1. The fraction of sp³-hybridized carbons (Fsp3) is 0.200. The largest absolute Gasteiger partial charge is 0.494 e. The van der Waals surface area contributed by atoms with Crippen molar-refractivity contribution in [1.82, 2.24) is 10.2 Å². The van der Waals surface area contributed by atoms with Crippen molar-refractivity contribution >= 4 is 56.5 Å². The molecule has 2 amide bonds. The number of aromatic nitrogens is 2. The van der Waals surface area contributed by atoms with Crippen LogP contribution in [0.3, 0.4) is 0 Å². The number of hydrogen-bond acceptors (Lipinski definition) is 7. The fourth-order valence-corrected chi connectivity index (χ4v) is 4.72. The van der Waals surface area contributed by atoms with Crippen molar-refractivity contribution in [3.8, 4) is 5.75 Å². The SMILES string of the molecule is CCCCOc1ccc(C(=O)Nc2nnc(SCC(=O)Nc3cccc4ccccc34)s2)cc1. The van der Waals surface area contributed by atoms with E-state index < -0.39 is 0 Å². The zero-order chi connectivity index (χ0) is 23.8. The Morgan fingerprint density at radius 2 is 1.76 bits per heavy atom. The summed E-state index contributed by atoms with van der Waals surface area (Å²) in [7, 11) is 0. The van der Waals surface area contributed by atoms with Crippen LogP contribution in [0, 0.1) is 0 Å². The summed E-state index contributed by atoms with van der Waals surface area (Å²) >= 11 is 2.50. The maximum absolute atomic E-state index is 12.5. The summed E-state index contributed by atoms with van der Waals surface area (Å²) in [5.74, 6) is 0.511. The summed E-state index contributed by atoms with van der Waals surface area (Å²) in [6, 6.07) is 20.7. The molecule has 3 aromatic carbocycles. The first-order valence-corrected chi connectivity index (χ1v) is 12.7. The highest BCUT2D eigenvalue weighted by Gasteiger charge is 2.13. The molecule has 1 heterocycles. The molecule has 0 atom stereocenters. The van der Waals surface area contributed by atoms with Crippen LogP contribution >= 0.6 is 23.1 Å². The van der Waals surface area contributed by atoms with E-state index in [2.05, 4.69) is 27.8 Å². The Morgan fingerprint density at radius 1 is 0.971 bits per heavy atom. The van der Waals surface area contributed by atoms with E-state index in [1.807, 2.05) is 42.5 Å². The lowest BCUT2D eigenvalue weighted by atomic mass is 10.1. The number of unbranched alkanes of at least 4 members (excludes halogenated alkanes) is 1. The Balaban J connectivity index is 1.28. The molecular formula is C25H24N4O3S2. The van der Waals surface area contributed by atoms with Gasteiger partial charge in [0.25, 0.3) is 5.91 Å². The van der Waals surface area contributed by atoms with Crippen LogP contribution in [0.25, 0.3) is 10.8 Å². The van der Waals surface area contributed by atoms with Gasteiger partial charge in [-0.3, -0.25) is 14.9 Å². The maximum atomic E-state index is 12.5. The van der Waals surface area contributed by atoms with Gasteiger partial charge in [-0.2, -0.15) is 0 Å². The van der Waals surface area contributed by atoms with Crippen LogP contribution < -0.4 is 15.4 Å². The smallest absolute Gasteiger partial charge is 0.257 e. The molecule has 0 radical (unpaired) electrons. The van der Waals surface area contributed by atoms with Crippen LogP contribution in [0.5, 0.6) is 5.75 Å². The number of rotatable bonds is 10. The first kappa shape index (κ1) is 23.7. The molecule has 1 aromatic heterocycles. The van der Waals surface area contributed by atoms with Crippen LogP contribution in [-0.4, -0.2) is 34.4 Å². The lowest BCUT2D eigenvalue weighted by Crippen LogP contribution is -2.14. The molecule has 0 spiro atoms. The minimum Gasteiger partial charge on any atom is -0.494 e. The van der Waals surface area contributed by atoms with E-state index >= 15 is 0 Å².